The molecule has 8 aromatic rings. The van der Waals surface area contributed by atoms with Crippen molar-refractivity contribution in [2.75, 3.05) is 0 Å². The molecule has 0 spiro atoms. The highest BCUT2D eigenvalue weighted by Gasteiger charge is 2.24. The molecule has 0 aliphatic rings. The second kappa shape index (κ2) is 12.9. The molecule has 0 saturated carbocycles. The summed E-state index contributed by atoms with van der Waals surface area (Å²) in [6.07, 6.45) is -0.526. The predicted octanol–water partition coefficient (Wildman–Crippen LogP) is 12.2. The van der Waals surface area contributed by atoms with E-state index in [1.54, 1.807) is 0 Å². The lowest BCUT2D eigenvalue weighted by atomic mass is 9.93. The molecule has 1 heteroatoms. The van der Waals surface area contributed by atoms with Crippen LogP contribution in [-0.4, -0.2) is 0 Å². The fourth-order valence-corrected chi connectivity index (χ4v) is 6.72. The lowest BCUT2D eigenvalue weighted by Crippen LogP contribution is -2.13. The van der Waals surface area contributed by atoms with E-state index in [9.17, 15) is 0 Å². The number of hydrogen-bond acceptors (Lipinski definition) is 1. The Kier molecular flexibility index (Phi) is 7.89. The zero-order chi connectivity index (χ0) is 31.4. The Morgan fingerprint density at radius 3 is 1.04 bits per heavy atom. The summed E-state index contributed by atoms with van der Waals surface area (Å²) in [5.74, 6) is 0. The van der Waals surface area contributed by atoms with E-state index in [1.807, 2.05) is 0 Å². The van der Waals surface area contributed by atoms with Gasteiger partial charge < -0.3 is 4.74 Å². The van der Waals surface area contributed by atoms with E-state index in [0.717, 1.165) is 22.3 Å². The van der Waals surface area contributed by atoms with Crippen molar-refractivity contribution in [3.63, 3.8) is 0 Å². The van der Waals surface area contributed by atoms with Crippen LogP contribution in [0.1, 0.15) is 34.5 Å². The molecule has 47 heavy (non-hydrogen) atoms. The van der Waals surface area contributed by atoms with Gasteiger partial charge in [0, 0.05) is 0 Å². The molecule has 0 radical (unpaired) electrons. The van der Waals surface area contributed by atoms with Crippen molar-refractivity contribution in [2.45, 2.75) is 12.2 Å². The molecule has 0 aromatic heterocycles. The Morgan fingerprint density at radius 2 is 0.617 bits per heavy atom. The van der Waals surface area contributed by atoms with Crippen molar-refractivity contribution >= 4 is 21.5 Å². The maximum atomic E-state index is 7.23. The lowest BCUT2D eigenvalue weighted by Gasteiger charge is -2.27. The second-order valence-electron chi connectivity index (χ2n) is 12.0. The first-order chi connectivity index (χ1) is 23.3. The summed E-state index contributed by atoms with van der Waals surface area (Å²) in [4.78, 5) is 0. The number of ether oxygens (including phenoxy) is 1. The third kappa shape index (κ3) is 5.86. The van der Waals surface area contributed by atoms with E-state index >= 15 is 0 Å². The van der Waals surface area contributed by atoms with Crippen LogP contribution in [0.25, 0.3) is 43.8 Å². The van der Waals surface area contributed by atoms with Crippen molar-refractivity contribution in [3.8, 4) is 22.3 Å². The average Bonchev–Trinajstić information content (AvgIpc) is 3.16. The van der Waals surface area contributed by atoms with E-state index < -0.39 is 0 Å². The molecule has 8 rings (SSSR count). The van der Waals surface area contributed by atoms with Crippen molar-refractivity contribution in [1.29, 1.82) is 0 Å². The largest absolute Gasteiger partial charge is 0.356 e. The van der Waals surface area contributed by atoms with Crippen LogP contribution in [0.5, 0.6) is 0 Å². The number of rotatable bonds is 8. The molecule has 224 valence electrons. The van der Waals surface area contributed by atoms with Crippen molar-refractivity contribution in [2.24, 2.45) is 0 Å². The highest BCUT2D eigenvalue weighted by atomic mass is 16.5. The van der Waals surface area contributed by atoms with Crippen molar-refractivity contribution in [1.82, 2.24) is 0 Å². The Morgan fingerprint density at radius 1 is 0.277 bits per heavy atom. The first kappa shape index (κ1) is 28.7. The minimum Gasteiger partial charge on any atom is -0.356 e. The highest BCUT2D eigenvalue weighted by molar-refractivity contribution is 5.97. The zero-order valence-corrected chi connectivity index (χ0v) is 26.0. The topological polar surface area (TPSA) is 9.23 Å². The molecule has 0 aliphatic heterocycles. The molecule has 2 atom stereocenters. The molecule has 0 heterocycles. The summed E-state index contributed by atoms with van der Waals surface area (Å²) < 4.78 is 7.23. The molecule has 0 bridgehead atoms. The van der Waals surface area contributed by atoms with Gasteiger partial charge in [-0.15, -0.1) is 0 Å². The van der Waals surface area contributed by atoms with Crippen LogP contribution in [0.15, 0.2) is 194 Å². The summed E-state index contributed by atoms with van der Waals surface area (Å²) in [7, 11) is 0. The third-order valence-corrected chi connectivity index (χ3v) is 9.10. The zero-order valence-electron chi connectivity index (χ0n) is 26.0. The van der Waals surface area contributed by atoms with Gasteiger partial charge in [-0.3, -0.25) is 0 Å². The fourth-order valence-electron chi connectivity index (χ4n) is 6.72. The first-order valence-electron chi connectivity index (χ1n) is 16.2. The molecular weight excluding hydrogens is 569 g/mol. The van der Waals surface area contributed by atoms with Crippen LogP contribution >= 0.6 is 0 Å². The normalized spacial score (nSPS) is 12.6. The fraction of sp³-hybridized carbons (Fsp3) is 0.0435. The molecule has 0 fully saturated rings. The number of hydrogen-bond donors (Lipinski definition) is 0. The smallest absolute Gasteiger partial charge is 0.109 e. The summed E-state index contributed by atoms with van der Waals surface area (Å²) in [6.45, 7) is 0. The van der Waals surface area contributed by atoms with Gasteiger partial charge in [0.1, 0.15) is 12.2 Å². The Hall–Kier alpha value is -5.76. The molecular formula is C46H34O. The van der Waals surface area contributed by atoms with Gasteiger partial charge in [0.2, 0.25) is 0 Å². The van der Waals surface area contributed by atoms with E-state index in [0.29, 0.717) is 0 Å². The molecule has 0 saturated heterocycles. The van der Waals surface area contributed by atoms with Crippen molar-refractivity contribution in [3.05, 3.63) is 216 Å². The highest BCUT2D eigenvalue weighted by Crippen LogP contribution is 2.38. The van der Waals surface area contributed by atoms with Gasteiger partial charge in [0.05, 0.1) is 0 Å². The predicted molar refractivity (Wildman–Crippen MR) is 196 cm³/mol. The molecule has 0 amide bonds. The molecule has 2 unspecified atom stereocenters. The van der Waals surface area contributed by atoms with Gasteiger partial charge in [-0.25, -0.2) is 0 Å². The van der Waals surface area contributed by atoms with Crippen molar-refractivity contribution < 1.29 is 4.74 Å². The van der Waals surface area contributed by atoms with Crippen LogP contribution in [0, 0.1) is 0 Å². The van der Waals surface area contributed by atoms with Crippen LogP contribution in [0.3, 0.4) is 0 Å². The molecule has 1 nitrogen and oxygen atoms in total. The van der Waals surface area contributed by atoms with Gasteiger partial charge in [-0.1, -0.05) is 194 Å². The first-order valence-corrected chi connectivity index (χ1v) is 16.2. The minimum absolute atomic E-state index is 0.263. The van der Waals surface area contributed by atoms with Crippen LogP contribution in [-0.2, 0) is 4.74 Å². The van der Waals surface area contributed by atoms with Crippen LogP contribution in [0.2, 0.25) is 0 Å². The van der Waals surface area contributed by atoms with Gasteiger partial charge in [0.25, 0.3) is 0 Å². The van der Waals surface area contributed by atoms with Crippen LogP contribution in [0.4, 0.5) is 0 Å². The monoisotopic (exact) mass is 602 g/mol. The minimum atomic E-state index is -0.263. The second-order valence-corrected chi connectivity index (χ2v) is 12.0. The van der Waals surface area contributed by atoms with E-state index in [-0.39, 0.29) is 12.2 Å². The summed E-state index contributed by atoms with van der Waals surface area (Å²) in [5, 5.41) is 5.01. The average molecular weight is 603 g/mol. The maximum Gasteiger partial charge on any atom is 0.109 e. The molecule has 0 aliphatic carbocycles. The standard InChI is InChI=1S/C46H34O/c1-3-15-37(16-4-1)45(39-29-25-35(26-30-39)43-23-11-19-33-13-7-9-21-41(33)43)47-46(38-17-5-2-6-18-38)40-31-27-36(28-32-40)44-24-12-20-34-14-8-10-22-42(34)44/h1-32,45-46H. The number of benzene rings is 8. The van der Waals surface area contributed by atoms with Gasteiger partial charge in [-0.05, 0) is 66.1 Å². The SMILES string of the molecule is c1ccc(C(OC(c2ccccc2)c2ccc(-c3cccc4ccccc34)cc2)c2ccc(-c3cccc4ccccc34)cc2)cc1. The van der Waals surface area contributed by atoms with Crippen LogP contribution < -0.4 is 0 Å². The quantitative estimate of drug-likeness (QED) is 0.168. The van der Waals surface area contributed by atoms with E-state index in [2.05, 4.69) is 194 Å². The maximum absolute atomic E-state index is 7.23. The summed E-state index contributed by atoms with van der Waals surface area (Å²) in [6, 6.07) is 69.1. The van der Waals surface area contributed by atoms with E-state index in [1.165, 1.54) is 43.8 Å². The van der Waals surface area contributed by atoms with Gasteiger partial charge in [-0.2, -0.15) is 0 Å². The summed E-state index contributed by atoms with van der Waals surface area (Å²) >= 11 is 0. The van der Waals surface area contributed by atoms with Gasteiger partial charge in [0.15, 0.2) is 0 Å². The Bertz CT molecular complexity index is 2080. The van der Waals surface area contributed by atoms with E-state index in [4.69, 9.17) is 4.74 Å². The summed E-state index contributed by atoms with van der Waals surface area (Å²) in [5.41, 5.74) is 9.35. The Balaban J connectivity index is 1.17. The molecule has 0 N–H and O–H groups in total. The lowest BCUT2D eigenvalue weighted by molar-refractivity contribution is 0.0309. The Labute approximate surface area is 276 Å². The number of fused-ring (bicyclic) bond motifs is 2. The molecule has 8 aromatic carbocycles. The third-order valence-electron chi connectivity index (χ3n) is 9.10. The van der Waals surface area contributed by atoms with Gasteiger partial charge >= 0.3 is 0 Å².